The van der Waals surface area contributed by atoms with Gasteiger partial charge in [-0.2, -0.15) is 0 Å². The maximum Gasteiger partial charge on any atom is 0.258 e. The second-order valence-electron chi connectivity index (χ2n) is 7.17. The molecule has 27 heavy (non-hydrogen) atoms. The van der Waals surface area contributed by atoms with Gasteiger partial charge in [-0.1, -0.05) is 24.3 Å². The third kappa shape index (κ3) is 4.57. The van der Waals surface area contributed by atoms with Gasteiger partial charge < -0.3 is 20.1 Å². The molecule has 6 heteroatoms. The Bertz CT molecular complexity index is 841. The van der Waals surface area contributed by atoms with Gasteiger partial charge in [0.1, 0.15) is 5.75 Å². The molecule has 2 N–H and O–H groups in total. The van der Waals surface area contributed by atoms with Crippen LogP contribution in [0.2, 0.25) is 0 Å². The molecule has 0 bridgehead atoms. The fourth-order valence-electron chi connectivity index (χ4n) is 3.26. The van der Waals surface area contributed by atoms with E-state index in [4.69, 9.17) is 9.47 Å². The zero-order valence-corrected chi connectivity index (χ0v) is 15.2. The third-order valence-corrected chi connectivity index (χ3v) is 4.91. The zero-order valence-electron chi connectivity index (χ0n) is 15.2. The Morgan fingerprint density at radius 1 is 1.11 bits per heavy atom. The molecule has 0 aromatic heterocycles. The molecule has 1 unspecified atom stereocenters. The Labute approximate surface area is 158 Å². The maximum atomic E-state index is 12.8. The summed E-state index contributed by atoms with van der Waals surface area (Å²) in [5.41, 5.74) is 0.436. The summed E-state index contributed by atoms with van der Waals surface area (Å²) in [5.74, 6) is 0.0507. The number of ether oxygens (including phenoxy) is 2. The molecule has 2 aliphatic rings. The lowest BCUT2D eigenvalue weighted by atomic mass is 10.1. The molecule has 1 saturated heterocycles. The zero-order chi connectivity index (χ0) is 18.6. The minimum absolute atomic E-state index is 0.0723. The topological polar surface area (TPSA) is 76.7 Å². The lowest BCUT2D eigenvalue weighted by Gasteiger charge is -2.15. The molecule has 2 amide bonds. The second kappa shape index (κ2) is 7.96. The number of benzene rings is 2. The Balaban J connectivity index is 1.50. The Kier molecular flexibility index (Phi) is 5.25. The van der Waals surface area contributed by atoms with Crippen LogP contribution < -0.4 is 15.4 Å². The Hall–Kier alpha value is -2.60. The van der Waals surface area contributed by atoms with Crippen LogP contribution in [0.15, 0.2) is 36.4 Å². The average molecular weight is 368 g/mol. The number of carbonyl (C=O) groups is 2. The van der Waals surface area contributed by atoms with Gasteiger partial charge in [-0.25, -0.2) is 0 Å². The van der Waals surface area contributed by atoms with Crippen molar-refractivity contribution in [3.63, 3.8) is 0 Å². The van der Waals surface area contributed by atoms with Crippen LogP contribution in [0.5, 0.6) is 5.75 Å². The molecule has 1 atom stereocenters. The van der Waals surface area contributed by atoms with Gasteiger partial charge in [-0.15, -0.1) is 0 Å². The first-order valence-corrected chi connectivity index (χ1v) is 9.54. The van der Waals surface area contributed by atoms with E-state index < -0.39 is 0 Å². The number of hydrogen-bond donors (Lipinski definition) is 2. The van der Waals surface area contributed by atoms with Crippen LogP contribution in [0, 0.1) is 0 Å². The highest BCUT2D eigenvalue weighted by atomic mass is 16.5. The highest BCUT2D eigenvalue weighted by molar-refractivity contribution is 6.01. The van der Waals surface area contributed by atoms with E-state index in [1.165, 1.54) is 0 Å². The summed E-state index contributed by atoms with van der Waals surface area (Å²) in [6.45, 7) is 1.13. The molecular formula is C21H24N2O4. The van der Waals surface area contributed by atoms with Crippen LogP contribution in [-0.2, 0) is 9.53 Å². The van der Waals surface area contributed by atoms with Crippen LogP contribution in [0.4, 0.5) is 0 Å². The lowest BCUT2D eigenvalue weighted by Crippen LogP contribution is -2.33. The number of hydrogen-bond acceptors (Lipinski definition) is 4. The molecule has 1 heterocycles. The third-order valence-electron chi connectivity index (χ3n) is 4.91. The molecule has 4 rings (SSSR count). The number of carbonyl (C=O) groups excluding carboxylic acids is 2. The molecule has 142 valence electrons. The van der Waals surface area contributed by atoms with Crippen molar-refractivity contribution in [2.45, 2.75) is 37.8 Å². The molecule has 2 fully saturated rings. The summed E-state index contributed by atoms with van der Waals surface area (Å²) < 4.78 is 11.3. The lowest BCUT2D eigenvalue weighted by molar-refractivity contribution is -0.123. The molecule has 2 aromatic carbocycles. The SMILES string of the molecule is O=C(COc1cc2ccccc2cc1C(=O)NCC1CCCO1)NC1CC1. The summed E-state index contributed by atoms with van der Waals surface area (Å²) in [5, 5.41) is 7.74. The normalized spacial score (nSPS) is 19.0. The van der Waals surface area contributed by atoms with Crippen molar-refractivity contribution in [2.75, 3.05) is 19.8 Å². The van der Waals surface area contributed by atoms with E-state index >= 15 is 0 Å². The Morgan fingerprint density at radius 2 is 1.89 bits per heavy atom. The van der Waals surface area contributed by atoms with E-state index in [9.17, 15) is 9.59 Å². The van der Waals surface area contributed by atoms with Crippen molar-refractivity contribution in [3.8, 4) is 5.75 Å². The molecule has 2 aromatic rings. The van der Waals surface area contributed by atoms with Crippen LogP contribution in [0.3, 0.4) is 0 Å². The van der Waals surface area contributed by atoms with Crippen LogP contribution >= 0.6 is 0 Å². The summed E-state index contributed by atoms with van der Waals surface area (Å²) in [7, 11) is 0. The van der Waals surface area contributed by atoms with Gasteiger partial charge >= 0.3 is 0 Å². The summed E-state index contributed by atoms with van der Waals surface area (Å²) >= 11 is 0. The first-order chi connectivity index (χ1) is 13.2. The molecule has 1 saturated carbocycles. The Morgan fingerprint density at radius 3 is 2.59 bits per heavy atom. The highest BCUT2D eigenvalue weighted by Crippen LogP contribution is 2.26. The van der Waals surface area contributed by atoms with E-state index in [0.717, 1.165) is 43.1 Å². The van der Waals surface area contributed by atoms with Gasteiger partial charge in [0.05, 0.1) is 11.7 Å². The fourth-order valence-corrected chi connectivity index (χ4v) is 3.26. The molecule has 1 aliphatic carbocycles. The smallest absolute Gasteiger partial charge is 0.258 e. The molecule has 0 spiro atoms. The van der Waals surface area contributed by atoms with Gasteiger partial charge in [0.25, 0.3) is 11.8 Å². The average Bonchev–Trinajstić information content (AvgIpc) is 3.34. The first kappa shape index (κ1) is 17.8. The highest BCUT2D eigenvalue weighted by Gasteiger charge is 2.24. The van der Waals surface area contributed by atoms with Crippen molar-refractivity contribution in [3.05, 3.63) is 42.0 Å². The fraction of sp³-hybridized carbons (Fsp3) is 0.429. The first-order valence-electron chi connectivity index (χ1n) is 9.54. The van der Waals surface area contributed by atoms with Gasteiger partial charge in [0.2, 0.25) is 0 Å². The van der Waals surface area contributed by atoms with Gasteiger partial charge in [-0.05, 0) is 48.6 Å². The number of amides is 2. The minimum atomic E-state index is -0.214. The predicted molar refractivity (Wildman–Crippen MR) is 102 cm³/mol. The predicted octanol–water partition coefficient (Wildman–Crippen LogP) is 2.41. The van der Waals surface area contributed by atoms with Crippen LogP contribution in [0.1, 0.15) is 36.0 Å². The number of fused-ring (bicyclic) bond motifs is 1. The number of rotatable bonds is 7. The van der Waals surface area contributed by atoms with E-state index in [0.29, 0.717) is 17.9 Å². The van der Waals surface area contributed by atoms with E-state index in [2.05, 4.69) is 10.6 Å². The van der Waals surface area contributed by atoms with E-state index in [1.54, 1.807) is 0 Å². The molecule has 0 radical (unpaired) electrons. The summed E-state index contributed by atoms with van der Waals surface area (Å²) in [6.07, 6.45) is 4.11. The van der Waals surface area contributed by atoms with Gasteiger partial charge in [0.15, 0.2) is 6.61 Å². The summed E-state index contributed by atoms with van der Waals surface area (Å²) in [4.78, 5) is 24.7. The van der Waals surface area contributed by atoms with Crippen molar-refractivity contribution in [1.29, 1.82) is 0 Å². The molecule has 1 aliphatic heterocycles. The number of nitrogens with one attached hydrogen (secondary N) is 2. The quantitative estimate of drug-likeness (QED) is 0.787. The largest absolute Gasteiger partial charge is 0.483 e. The summed E-state index contributed by atoms with van der Waals surface area (Å²) in [6, 6.07) is 11.7. The maximum absolute atomic E-state index is 12.8. The van der Waals surface area contributed by atoms with Crippen molar-refractivity contribution < 1.29 is 19.1 Å². The van der Waals surface area contributed by atoms with Gasteiger partial charge in [0, 0.05) is 19.2 Å². The van der Waals surface area contributed by atoms with Gasteiger partial charge in [-0.3, -0.25) is 9.59 Å². The molecular weight excluding hydrogens is 344 g/mol. The van der Waals surface area contributed by atoms with Crippen molar-refractivity contribution >= 4 is 22.6 Å². The standard InChI is InChI=1S/C21H24N2O4/c24-20(23-16-7-8-16)13-27-19-11-15-5-2-1-4-14(15)10-18(19)21(25)22-12-17-6-3-9-26-17/h1-2,4-5,10-11,16-17H,3,6-9,12-13H2,(H,22,25)(H,23,24). The molecule has 6 nitrogen and oxygen atoms in total. The second-order valence-corrected chi connectivity index (χ2v) is 7.17. The monoisotopic (exact) mass is 368 g/mol. The van der Waals surface area contributed by atoms with Crippen molar-refractivity contribution in [2.24, 2.45) is 0 Å². The van der Waals surface area contributed by atoms with Crippen LogP contribution in [0.25, 0.3) is 10.8 Å². The van der Waals surface area contributed by atoms with E-state index in [1.807, 2.05) is 36.4 Å². The van der Waals surface area contributed by atoms with Crippen LogP contribution in [-0.4, -0.2) is 43.7 Å². The minimum Gasteiger partial charge on any atom is -0.483 e. The van der Waals surface area contributed by atoms with Crippen molar-refractivity contribution in [1.82, 2.24) is 10.6 Å². The van der Waals surface area contributed by atoms with E-state index in [-0.39, 0.29) is 30.6 Å².